The van der Waals surface area contributed by atoms with E-state index in [9.17, 15) is 50.4 Å². The summed E-state index contributed by atoms with van der Waals surface area (Å²) < 4.78 is 34.7. The van der Waals surface area contributed by atoms with Gasteiger partial charge < -0.3 is 69.3 Å². The number of phenols is 2. The molecule has 3 heterocycles. The van der Waals surface area contributed by atoms with Gasteiger partial charge in [0.2, 0.25) is 5.79 Å². The number of fused-ring (bicyclic) bond motifs is 2. The fourth-order valence-corrected chi connectivity index (χ4v) is 7.00. The van der Waals surface area contributed by atoms with Crippen LogP contribution in [0.5, 0.6) is 11.5 Å². The first-order valence-corrected chi connectivity index (χ1v) is 19.8. The highest BCUT2D eigenvalue weighted by atomic mass is 16.8. The fourth-order valence-electron chi connectivity index (χ4n) is 7.00. The number of carbonyl (C=O) groups is 2. The molecule has 0 saturated carbocycles. The number of unbranched alkanes of at least 4 members (excludes halogenated alkanes) is 3. The van der Waals surface area contributed by atoms with Gasteiger partial charge in [0, 0.05) is 18.2 Å². The molecule has 3 aliphatic heterocycles. The number of rotatable bonds is 18. The summed E-state index contributed by atoms with van der Waals surface area (Å²) in [5, 5.41) is 86.2. The van der Waals surface area contributed by atoms with Crippen LogP contribution in [-0.4, -0.2) is 127 Å². The third-order valence-electron chi connectivity index (χ3n) is 10.1. The second-order valence-corrected chi connectivity index (χ2v) is 14.5. The predicted molar refractivity (Wildman–Crippen MR) is 213 cm³/mol. The van der Waals surface area contributed by atoms with Crippen molar-refractivity contribution in [2.75, 3.05) is 13.2 Å². The first-order valence-electron chi connectivity index (χ1n) is 19.8. The zero-order chi connectivity index (χ0) is 43.2. The van der Waals surface area contributed by atoms with Crippen molar-refractivity contribution in [1.29, 1.82) is 0 Å². The molecule has 2 aromatic rings. The molecule has 8 N–H and O–H groups in total. The van der Waals surface area contributed by atoms with Crippen molar-refractivity contribution in [3.8, 4) is 11.5 Å². The van der Waals surface area contributed by atoms with Gasteiger partial charge in [-0.25, -0.2) is 9.59 Å². The molecule has 0 radical (unpaired) electrons. The van der Waals surface area contributed by atoms with Crippen LogP contribution in [0.25, 0.3) is 6.08 Å². The number of ether oxygens (including phenoxy) is 6. The number of hydrogen-bond acceptors (Lipinski definition) is 16. The van der Waals surface area contributed by atoms with E-state index in [1.807, 2.05) is 18.2 Å². The molecule has 5 rings (SSSR count). The Labute approximate surface area is 347 Å². The number of hydrogen-bond donors (Lipinski definition) is 8. The Hall–Kier alpha value is -4.72. The highest BCUT2D eigenvalue weighted by Gasteiger charge is 2.63. The lowest BCUT2D eigenvalue weighted by Gasteiger charge is -2.50. The molecule has 2 aromatic carbocycles. The maximum atomic E-state index is 13.3. The van der Waals surface area contributed by atoms with Crippen LogP contribution in [0, 0.1) is 0 Å². The zero-order valence-corrected chi connectivity index (χ0v) is 33.1. The van der Waals surface area contributed by atoms with Crippen molar-refractivity contribution in [3.05, 3.63) is 114 Å². The number of esters is 2. The summed E-state index contributed by atoms with van der Waals surface area (Å²) in [7, 11) is 0. The van der Waals surface area contributed by atoms with Crippen molar-refractivity contribution in [1.82, 2.24) is 0 Å². The summed E-state index contributed by atoms with van der Waals surface area (Å²) in [6.45, 7) is 0.374. The Morgan fingerprint density at radius 1 is 0.900 bits per heavy atom. The molecule has 0 bridgehead atoms. The maximum Gasteiger partial charge on any atom is 0.331 e. The maximum absolute atomic E-state index is 13.3. The summed E-state index contributed by atoms with van der Waals surface area (Å²) in [6.07, 6.45) is 3.22. The topological polar surface area (TPSA) is 251 Å². The number of aromatic hydroxyl groups is 2. The van der Waals surface area contributed by atoms with E-state index in [4.69, 9.17) is 28.4 Å². The van der Waals surface area contributed by atoms with E-state index < -0.39 is 97.9 Å². The lowest BCUT2D eigenvalue weighted by molar-refractivity contribution is -0.395. The van der Waals surface area contributed by atoms with Crippen molar-refractivity contribution in [2.24, 2.45) is 0 Å². The standard InChI is InChI=1S/C44H54O16/c1-2-3-4-5-6-7-12-17-29(46)18-13-9-14-19-35(50)58-41-40(32(24-45)60-44(42(41)54)36-28(25-56-44)22-30(47)23-31(36)48)59-43-39(53)38(52)37(51)33(57-43)26-55-34(49)21-20-27-15-10-8-11-16-27/h6-17,19-23,29,32-33,37-43,45-48,51-54H,2-5,18,24-26H2,1H3/b7-6+,13-9+,17-12+,19-14+,21-20+/t29-,32+,33-,37+,38-,39+,40+,41-,42+,43-,44-/m0/s1. The highest BCUT2D eigenvalue weighted by molar-refractivity contribution is 5.87. The summed E-state index contributed by atoms with van der Waals surface area (Å²) in [6, 6.07) is 11.1. The van der Waals surface area contributed by atoms with Crippen LogP contribution in [0.2, 0.25) is 0 Å². The SMILES string of the molecule is CCCCC/C=C/C=C/[C@H](O)C/C=C/C=C/C(=O)O[C@H]1[C@H](O[C@@H]2O[C@@H](COC(=O)/C=C/c3ccccc3)[C@@H](O)[C@H](O)[C@H]2O)[C@@H](CO)O[C@]2(OCc3cc(O)cc(O)c32)[C@@H]1O. The van der Waals surface area contributed by atoms with Gasteiger partial charge in [0.1, 0.15) is 54.7 Å². The fraction of sp³-hybridized carbons (Fsp3) is 0.455. The van der Waals surface area contributed by atoms with Crippen LogP contribution in [0.15, 0.2) is 97.1 Å². The largest absolute Gasteiger partial charge is 0.508 e. The Balaban J connectivity index is 1.32. The molecule has 2 fully saturated rings. The molecule has 0 aliphatic carbocycles. The van der Waals surface area contributed by atoms with Gasteiger partial charge in [-0.1, -0.05) is 92.6 Å². The van der Waals surface area contributed by atoms with Crippen LogP contribution in [0.3, 0.4) is 0 Å². The van der Waals surface area contributed by atoms with Crippen LogP contribution >= 0.6 is 0 Å². The Bertz CT molecular complexity index is 1860. The van der Waals surface area contributed by atoms with E-state index in [1.165, 1.54) is 24.3 Å². The quantitative estimate of drug-likeness (QED) is 0.0465. The van der Waals surface area contributed by atoms with Gasteiger partial charge in [-0.3, -0.25) is 0 Å². The number of benzene rings is 2. The predicted octanol–water partition coefficient (Wildman–Crippen LogP) is 2.45. The molecule has 326 valence electrons. The van der Waals surface area contributed by atoms with E-state index >= 15 is 0 Å². The molecule has 60 heavy (non-hydrogen) atoms. The number of phenolic OH excluding ortho intramolecular Hbond substituents is 2. The van der Waals surface area contributed by atoms with Gasteiger partial charge in [0.05, 0.1) is 24.9 Å². The molecule has 0 aromatic heterocycles. The molecule has 0 amide bonds. The highest BCUT2D eigenvalue weighted by Crippen LogP contribution is 2.51. The molecule has 16 heteroatoms. The number of allylic oxidation sites excluding steroid dienone is 5. The van der Waals surface area contributed by atoms with E-state index in [2.05, 4.69) is 6.92 Å². The average Bonchev–Trinajstić information content (AvgIpc) is 3.60. The van der Waals surface area contributed by atoms with Crippen molar-refractivity contribution in [3.63, 3.8) is 0 Å². The van der Waals surface area contributed by atoms with E-state index in [0.717, 1.165) is 49.5 Å². The average molecular weight is 839 g/mol. The van der Waals surface area contributed by atoms with Gasteiger partial charge in [-0.15, -0.1) is 0 Å². The summed E-state index contributed by atoms with van der Waals surface area (Å²) in [5.41, 5.74) is 0.825. The minimum atomic E-state index is -2.27. The summed E-state index contributed by atoms with van der Waals surface area (Å²) in [5.74, 6) is -4.95. The first kappa shape index (κ1) is 46.3. The smallest absolute Gasteiger partial charge is 0.331 e. The molecule has 11 atom stereocenters. The Morgan fingerprint density at radius 3 is 2.42 bits per heavy atom. The number of carbonyl (C=O) groups excluding carboxylic acids is 2. The minimum absolute atomic E-state index is 0.112. The molecular formula is C44H54O16. The minimum Gasteiger partial charge on any atom is -0.508 e. The van der Waals surface area contributed by atoms with E-state index in [-0.39, 0.29) is 29.9 Å². The van der Waals surface area contributed by atoms with Crippen LogP contribution in [0.4, 0.5) is 0 Å². The van der Waals surface area contributed by atoms with Crippen LogP contribution in [-0.2, 0) is 50.4 Å². The normalized spacial score (nSPS) is 29.9. The van der Waals surface area contributed by atoms with Crippen molar-refractivity contribution >= 4 is 18.0 Å². The summed E-state index contributed by atoms with van der Waals surface area (Å²) in [4.78, 5) is 25.8. The van der Waals surface area contributed by atoms with E-state index in [0.29, 0.717) is 0 Å². The molecule has 1 spiro atoms. The van der Waals surface area contributed by atoms with Gasteiger partial charge in [0.15, 0.2) is 18.5 Å². The number of aliphatic hydroxyl groups excluding tert-OH is 6. The number of aliphatic hydroxyl groups is 6. The van der Waals surface area contributed by atoms with Crippen molar-refractivity contribution < 1.29 is 78.9 Å². The van der Waals surface area contributed by atoms with Crippen LogP contribution in [0.1, 0.15) is 55.7 Å². The molecule has 16 nitrogen and oxygen atoms in total. The van der Waals surface area contributed by atoms with Crippen LogP contribution < -0.4 is 0 Å². The Morgan fingerprint density at radius 2 is 1.67 bits per heavy atom. The zero-order valence-electron chi connectivity index (χ0n) is 33.1. The first-order chi connectivity index (χ1) is 28.9. The second-order valence-electron chi connectivity index (χ2n) is 14.5. The second kappa shape index (κ2) is 22.2. The third kappa shape index (κ3) is 11.8. The van der Waals surface area contributed by atoms with E-state index in [1.54, 1.807) is 42.5 Å². The molecular weight excluding hydrogens is 784 g/mol. The molecule has 3 aliphatic rings. The van der Waals surface area contributed by atoms with Gasteiger partial charge in [-0.05, 0) is 42.5 Å². The van der Waals surface area contributed by atoms with Gasteiger partial charge >= 0.3 is 11.9 Å². The molecule has 0 unspecified atom stereocenters. The lowest BCUT2D eigenvalue weighted by atomic mass is 9.86. The third-order valence-corrected chi connectivity index (χ3v) is 10.1. The monoisotopic (exact) mass is 838 g/mol. The van der Waals surface area contributed by atoms with Crippen molar-refractivity contribution in [2.45, 2.75) is 113 Å². The van der Waals surface area contributed by atoms with Gasteiger partial charge in [0.25, 0.3) is 0 Å². The molecule has 2 saturated heterocycles. The van der Waals surface area contributed by atoms with Gasteiger partial charge in [-0.2, -0.15) is 0 Å². The lowest BCUT2D eigenvalue weighted by Crippen LogP contribution is -2.67. The summed E-state index contributed by atoms with van der Waals surface area (Å²) >= 11 is 0. The Kier molecular flexibility index (Phi) is 17.2.